The maximum absolute atomic E-state index is 12.4. The van der Waals surface area contributed by atoms with Gasteiger partial charge in [0.25, 0.3) is 0 Å². The van der Waals surface area contributed by atoms with E-state index in [-0.39, 0.29) is 23.6 Å². The van der Waals surface area contributed by atoms with Crippen LogP contribution in [0.25, 0.3) is 0 Å². The molecule has 2 unspecified atom stereocenters. The zero-order chi connectivity index (χ0) is 15.3. The summed E-state index contributed by atoms with van der Waals surface area (Å²) in [5.41, 5.74) is 0.613. The van der Waals surface area contributed by atoms with Gasteiger partial charge in [-0.3, -0.25) is 0 Å². The third-order valence-corrected chi connectivity index (χ3v) is 4.78. The van der Waals surface area contributed by atoms with Gasteiger partial charge in [0.2, 0.25) is 10.0 Å². The van der Waals surface area contributed by atoms with Crippen molar-refractivity contribution in [3.63, 3.8) is 0 Å². The second-order valence-corrected chi connectivity index (χ2v) is 6.61. The molecule has 0 bridgehead atoms. The topological polar surface area (TPSA) is 75.6 Å². The van der Waals surface area contributed by atoms with E-state index in [2.05, 4.69) is 16.6 Å². The molecule has 1 aliphatic heterocycles. The largest absolute Gasteiger partial charge is 0.395 e. The van der Waals surface area contributed by atoms with Gasteiger partial charge in [0.1, 0.15) is 0 Å². The molecule has 1 aliphatic rings. The van der Waals surface area contributed by atoms with Crippen molar-refractivity contribution >= 4 is 10.0 Å². The second kappa shape index (κ2) is 7.05. The first-order chi connectivity index (χ1) is 10.0. The summed E-state index contributed by atoms with van der Waals surface area (Å²) in [5, 5.41) is 8.69. The first-order valence-corrected chi connectivity index (χ1v) is 8.35. The van der Waals surface area contributed by atoms with Crippen LogP contribution in [0.4, 0.5) is 0 Å². The van der Waals surface area contributed by atoms with E-state index in [1.54, 1.807) is 18.2 Å². The fraction of sp³-hybridized carbons (Fsp3) is 0.467. The average Bonchev–Trinajstić information content (AvgIpc) is 2.84. The van der Waals surface area contributed by atoms with Gasteiger partial charge in [-0.25, -0.2) is 13.1 Å². The Kier molecular flexibility index (Phi) is 5.37. The van der Waals surface area contributed by atoms with Gasteiger partial charge < -0.3 is 9.84 Å². The highest BCUT2D eigenvalue weighted by molar-refractivity contribution is 7.89. The normalized spacial score (nSPS) is 21.8. The second-order valence-electron chi connectivity index (χ2n) is 4.90. The summed E-state index contributed by atoms with van der Waals surface area (Å²) in [4.78, 5) is 0.192. The van der Waals surface area contributed by atoms with E-state index in [0.717, 1.165) is 0 Å². The van der Waals surface area contributed by atoms with E-state index in [0.29, 0.717) is 25.0 Å². The van der Waals surface area contributed by atoms with Crippen molar-refractivity contribution in [2.45, 2.75) is 36.8 Å². The van der Waals surface area contributed by atoms with Crippen LogP contribution in [-0.4, -0.2) is 38.9 Å². The number of aliphatic hydroxyl groups excluding tert-OH is 1. The van der Waals surface area contributed by atoms with Crippen molar-refractivity contribution < 1.29 is 18.3 Å². The molecule has 1 saturated heterocycles. The lowest BCUT2D eigenvalue weighted by Crippen LogP contribution is -2.39. The Morgan fingerprint density at radius 1 is 1.48 bits per heavy atom. The molecule has 0 radical (unpaired) electrons. The zero-order valence-electron chi connectivity index (χ0n) is 11.9. The molecule has 1 aromatic rings. The predicted octanol–water partition coefficient (Wildman–Crippen LogP) is 0.876. The quantitative estimate of drug-likeness (QED) is 0.810. The van der Waals surface area contributed by atoms with Gasteiger partial charge in [-0.1, -0.05) is 17.9 Å². The Balaban J connectivity index is 2.16. The zero-order valence-corrected chi connectivity index (χ0v) is 12.7. The SMILES string of the molecule is CC1OCCC1NS(=O)(=O)c1cccc(C#CCCO)c1. The van der Waals surface area contributed by atoms with Crippen LogP contribution in [-0.2, 0) is 14.8 Å². The molecule has 114 valence electrons. The fourth-order valence-electron chi connectivity index (χ4n) is 2.12. The average molecular weight is 309 g/mol. The van der Waals surface area contributed by atoms with E-state index in [4.69, 9.17) is 9.84 Å². The minimum absolute atomic E-state index is 0.00782. The molecule has 5 nitrogen and oxygen atoms in total. The smallest absolute Gasteiger partial charge is 0.240 e. The number of hydrogen-bond donors (Lipinski definition) is 2. The molecule has 2 rings (SSSR count). The molecule has 0 spiro atoms. The van der Waals surface area contributed by atoms with Gasteiger partial charge in [0.05, 0.1) is 23.6 Å². The number of ether oxygens (including phenoxy) is 1. The van der Waals surface area contributed by atoms with E-state index in [1.807, 2.05) is 6.92 Å². The monoisotopic (exact) mass is 309 g/mol. The Morgan fingerprint density at radius 3 is 2.95 bits per heavy atom. The van der Waals surface area contributed by atoms with Crippen molar-refractivity contribution in [1.82, 2.24) is 4.72 Å². The molecule has 21 heavy (non-hydrogen) atoms. The first kappa shape index (κ1) is 16.0. The Hall–Kier alpha value is -1.39. The van der Waals surface area contributed by atoms with Crippen molar-refractivity contribution in [2.75, 3.05) is 13.2 Å². The number of benzene rings is 1. The van der Waals surface area contributed by atoms with E-state index in [1.165, 1.54) is 6.07 Å². The highest BCUT2D eigenvalue weighted by Crippen LogP contribution is 2.17. The van der Waals surface area contributed by atoms with Gasteiger partial charge in [0, 0.05) is 18.6 Å². The van der Waals surface area contributed by atoms with Crippen molar-refractivity contribution in [3.05, 3.63) is 29.8 Å². The predicted molar refractivity (Wildman–Crippen MR) is 79.2 cm³/mol. The van der Waals surface area contributed by atoms with Crippen LogP contribution in [0.3, 0.4) is 0 Å². The minimum Gasteiger partial charge on any atom is -0.395 e. The molecule has 0 aromatic heterocycles. The van der Waals surface area contributed by atoms with Crippen LogP contribution in [0, 0.1) is 11.8 Å². The summed E-state index contributed by atoms with van der Waals surface area (Å²) < 4.78 is 32.8. The van der Waals surface area contributed by atoms with E-state index >= 15 is 0 Å². The molecule has 2 N–H and O–H groups in total. The number of hydrogen-bond acceptors (Lipinski definition) is 4. The molecular formula is C15H19NO4S. The summed E-state index contributed by atoms with van der Waals surface area (Å²) >= 11 is 0. The number of nitrogens with one attached hydrogen (secondary N) is 1. The van der Waals surface area contributed by atoms with Gasteiger partial charge in [0.15, 0.2) is 0 Å². The summed E-state index contributed by atoms with van der Waals surface area (Å²) in [6, 6.07) is 6.28. The van der Waals surface area contributed by atoms with Crippen LogP contribution >= 0.6 is 0 Å². The highest BCUT2D eigenvalue weighted by Gasteiger charge is 2.29. The van der Waals surface area contributed by atoms with Crippen LogP contribution in [0.5, 0.6) is 0 Å². The molecule has 1 fully saturated rings. The lowest BCUT2D eigenvalue weighted by atomic mass is 10.2. The van der Waals surface area contributed by atoms with Crippen LogP contribution in [0.2, 0.25) is 0 Å². The lowest BCUT2D eigenvalue weighted by molar-refractivity contribution is 0.117. The number of rotatable bonds is 4. The molecular weight excluding hydrogens is 290 g/mol. The van der Waals surface area contributed by atoms with Gasteiger partial charge in [-0.2, -0.15) is 0 Å². The number of aliphatic hydroxyl groups is 1. The lowest BCUT2D eigenvalue weighted by Gasteiger charge is -2.16. The summed E-state index contributed by atoms with van der Waals surface area (Å²) in [6.07, 6.45) is 0.926. The molecule has 1 aromatic carbocycles. The molecule has 0 aliphatic carbocycles. The molecule has 0 saturated carbocycles. The third-order valence-electron chi connectivity index (χ3n) is 3.30. The molecule has 0 amide bonds. The molecule has 2 atom stereocenters. The molecule has 1 heterocycles. The standard InChI is InChI=1S/C15H19NO4S/c1-12-15(8-10-20-12)16-21(18,19)14-7-4-6-13(11-14)5-2-3-9-17/h4,6-7,11-12,15-17H,3,8-10H2,1H3. The van der Waals surface area contributed by atoms with Crippen molar-refractivity contribution in [2.24, 2.45) is 0 Å². The molecule has 6 heteroatoms. The van der Waals surface area contributed by atoms with Crippen molar-refractivity contribution in [3.8, 4) is 11.8 Å². The fourth-order valence-corrected chi connectivity index (χ4v) is 3.50. The Morgan fingerprint density at radius 2 is 2.29 bits per heavy atom. The van der Waals surface area contributed by atoms with Gasteiger partial charge in [-0.15, -0.1) is 0 Å². The van der Waals surface area contributed by atoms with Crippen LogP contribution in [0.15, 0.2) is 29.2 Å². The summed E-state index contributed by atoms with van der Waals surface area (Å²) in [5.74, 6) is 5.61. The van der Waals surface area contributed by atoms with Gasteiger partial charge >= 0.3 is 0 Å². The third kappa shape index (κ3) is 4.29. The highest BCUT2D eigenvalue weighted by atomic mass is 32.2. The first-order valence-electron chi connectivity index (χ1n) is 6.86. The van der Waals surface area contributed by atoms with Gasteiger partial charge in [-0.05, 0) is 31.5 Å². The van der Waals surface area contributed by atoms with Crippen LogP contribution in [0.1, 0.15) is 25.3 Å². The number of sulfonamides is 1. The maximum atomic E-state index is 12.4. The summed E-state index contributed by atoms with van der Waals surface area (Å²) in [6.45, 7) is 2.42. The van der Waals surface area contributed by atoms with E-state index < -0.39 is 10.0 Å². The van der Waals surface area contributed by atoms with Crippen LogP contribution < -0.4 is 4.72 Å². The van der Waals surface area contributed by atoms with E-state index in [9.17, 15) is 8.42 Å². The maximum Gasteiger partial charge on any atom is 0.240 e. The Bertz CT molecular complexity index is 645. The summed E-state index contributed by atoms with van der Waals surface area (Å²) in [7, 11) is -3.58. The Labute approximate surface area is 125 Å². The minimum atomic E-state index is -3.58. The van der Waals surface area contributed by atoms with Crippen molar-refractivity contribution in [1.29, 1.82) is 0 Å².